The molecule has 1 aromatic heterocycles. The van der Waals surface area contributed by atoms with E-state index in [1.807, 2.05) is 6.07 Å². The Morgan fingerprint density at radius 2 is 2.20 bits per heavy atom. The van der Waals surface area contributed by atoms with Crippen molar-refractivity contribution in [3.63, 3.8) is 0 Å². The minimum Gasteiger partial charge on any atom is -0.474 e. The summed E-state index contributed by atoms with van der Waals surface area (Å²) < 4.78 is 5.81. The highest BCUT2D eigenvalue weighted by molar-refractivity contribution is 5.13. The summed E-state index contributed by atoms with van der Waals surface area (Å²) in [6.07, 6.45) is 4.93. The van der Waals surface area contributed by atoms with Gasteiger partial charge in [-0.3, -0.25) is 0 Å². The summed E-state index contributed by atoms with van der Waals surface area (Å²) in [5.74, 6) is 0.716. The first-order valence-electron chi connectivity index (χ1n) is 5.57. The van der Waals surface area contributed by atoms with Crippen LogP contribution in [-0.4, -0.2) is 29.2 Å². The summed E-state index contributed by atoms with van der Waals surface area (Å²) in [7, 11) is 0. The van der Waals surface area contributed by atoms with Crippen molar-refractivity contribution in [2.75, 3.05) is 13.1 Å². The second-order valence-electron chi connectivity index (χ2n) is 3.77. The maximum absolute atomic E-state index is 5.81. The molecule has 1 saturated heterocycles. The zero-order valence-electron chi connectivity index (χ0n) is 9.07. The van der Waals surface area contributed by atoms with E-state index in [9.17, 15) is 0 Å². The topological polar surface area (TPSA) is 47.0 Å². The number of aryl methyl sites for hydroxylation is 1. The van der Waals surface area contributed by atoms with Crippen LogP contribution in [0, 0.1) is 0 Å². The molecule has 4 heteroatoms. The number of piperidine rings is 1. The first kappa shape index (κ1) is 10.4. The SMILES string of the molecule is CCc1cc(OC2CCNCC2)ncn1. The van der Waals surface area contributed by atoms with E-state index in [0.29, 0.717) is 12.0 Å². The van der Waals surface area contributed by atoms with Crippen LogP contribution in [0.1, 0.15) is 25.5 Å². The van der Waals surface area contributed by atoms with E-state index in [4.69, 9.17) is 4.74 Å². The summed E-state index contributed by atoms with van der Waals surface area (Å²) >= 11 is 0. The lowest BCUT2D eigenvalue weighted by Gasteiger charge is -2.23. The molecule has 0 atom stereocenters. The Balaban J connectivity index is 1.96. The standard InChI is InChI=1S/C11H17N3O/c1-2-9-7-11(14-8-13-9)15-10-3-5-12-6-4-10/h7-8,10,12H,2-6H2,1H3. The smallest absolute Gasteiger partial charge is 0.216 e. The molecule has 0 aromatic carbocycles. The zero-order chi connectivity index (χ0) is 10.5. The molecule has 4 nitrogen and oxygen atoms in total. The van der Waals surface area contributed by atoms with Gasteiger partial charge >= 0.3 is 0 Å². The number of hydrogen-bond acceptors (Lipinski definition) is 4. The Kier molecular flexibility index (Phi) is 3.50. The van der Waals surface area contributed by atoms with Crippen LogP contribution < -0.4 is 10.1 Å². The first-order chi connectivity index (χ1) is 7.38. The predicted molar refractivity (Wildman–Crippen MR) is 57.9 cm³/mol. The minimum absolute atomic E-state index is 0.311. The van der Waals surface area contributed by atoms with Gasteiger partial charge in [0.05, 0.1) is 0 Å². The van der Waals surface area contributed by atoms with Crippen LogP contribution in [-0.2, 0) is 6.42 Å². The summed E-state index contributed by atoms with van der Waals surface area (Å²) in [6, 6.07) is 1.93. The molecule has 2 heterocycles. The molecule has 1 aliphatic heterocycles. The molecule has 0 radical (unpaired) electrons. The number of nitrogens with zero attached hydrogens (tertiary/aromatic N) is 2. The quantitative estimate of drug-likeness (QED) is 0.808. The van der Waals surface area contributed by atoms with Crippen LogP contribution in [0.2, 0.25) is 0 Å². The van der Waals surface area contributed by atoms with Crippen LogP contribution in [0.25, 0.3) is 0 Å². The van der Waals surface area contributed by atoms with Gasteiger partial charge in [-0.25, -0.2) is 9.97 Å². The van der Waals surface area contributed by atoms with Crippen molar-refractivity contribution < 1.29 is 4.74 Å². The van der Waals surface area contributed by atoms with Crippen LogP contribution in [0.4, 0.5) is 0 Å². The second-order valence-corrected chi connectivity index (χ2v) is 3.77. The van der Waals surface area contributed by atoms with Gasteiger partial charge in [0.2, 0.25) is 5.88 Å². The molecule has 1 aromatic rings. The third-order valence-electron chi connectivity index (χ3n) is 2.63. The van der Waals surface area contributed by atoms with Crippen molar-refractivity contribution in [3.05, 3.63) is 18.1 Å². The minimum atomic E-state index is 0.311. The number of hydrogen-bond donors (Lipinski definition) is 1. The fraction of sp³-hybridized carbons (Fsp3) is 0.636. The Labute approximate surface area is 90.1 Å². The highest BCUT2D eigenvalue weighted by atomic mass is 16.5. The molecule has 0 spiro atoms. The monoisotopic (exact) mass is 207 g/mol. The molecule has 0 bridgehead atoms. The van der Waals surface area contributed by atoms with Crippen molar-refractivity contribution >= 4 is 0 Å². The summed E-state index contributed by atoms with van der Waals surface area (Å²) in [4.78, 5) is 8.28. The molecular formula is C11H17N3O. The van der Waals surface area contributed by atoms with Gasteiger partial charge in [0.15, 0.2) is 0 Å². The Hall–Kier alpha value is -1.16. The highest BCUT2D eigenvalue weighted by Gasteiger charge is 2.14. The third kappa shape index (κ3) is 2.89. The van der Waals surface area contributed by atoms with Gasteiger partial charge in [-0.1, -0.05) is 6.92 Å². The van der Waals surface area contributed by atoms with Crippen LogP contribution in [0.3, 0.4) is 0 Å². The molecule has 1 aliphatic rings. The second kappa shape index (κ2) is 5.07. The van der Waals surface area contributed by atoms with Gasteiger partial charge in [0, 0.05) is 11.8 Å². The molecule has 0 amide bonds. The molecule has 1 fully saturated rings. The number of aromatic nitrogens is 2. The lowest BCUT2D eigenvalue weighted by Crippen LogP contribution is -2.34. The molecule has 2 rings (SSSR count). The zero-order valence-corrected chi connectivity index (χ0v) is 9.07. The van der Waals surface area contributed by atoms with Crippen LogP contribution >= 0.6 is 0 Å². The van der Waals surface area contributed by atoms with E-state index in [1.165, 1.54) is 0 Å². The van der Waals surface area contributed by atoms with Crippen molar-refractivity contribution in [1.82, 2.24) is 15.3 Å². The molecular weight excluding hydrogens is 190 g/mol. The van der Waals surface area contributed by atoms with E-state index in [-0.39, 0.29) is 0 Å². The number of nitrogens with one attached hydrogen (secondary N) is 1. The van der Waals surface area contributed by atoms with Gasteiger partial charge in [0.1, 0.15) is 12.4 Å². The number of rotatable bonds is 3. The lowest BCUT2D eigenvalue weighted by atomic mass is 10.1. The largest absolute Gasteiger partial charge is 0.474 e. The summed E-state index contributed by atoms with van der Waals surface area (Å²) in [6.45, 7) is 4.16. The van der Waals surface area contributed by atoms with E-state index < -0.39 is 0 Å². The first-order valence-corrected chi connectivity index (χ1v) is 5.57. The average molecular weight is 207 g/mol. The molecule has 82 valence electrons. The molecule has 0 aliphatic carbocycles. The van der Waals surface area contributed by atoms with Gasteiger partial charge in [-0.2, -0.15) is 0 Å². The van der Waals surface area contributed by atoms with Gasteiger partial charge < -0.3 is 10.1 Å². The van der Waals surface area contributed by atoms with Gasteiger partial charge in [-0.05, 0) is 32.4 Å². The van der Waals surface area contributed by atoms with Crippen molar-refractivity contribution in [2.45, 2.75) is 32.3 Å². The highest BCUT2D eigenvalue weighted by Crippen LogP contribution is 2.14. The van der Waals surface area contributed by atoms with E-state index in [1.54, 1.807) is 6.33 Å². The van der Waals surface area contributed by atoms with Gasteiger partial charge in [-0.15, -0.1) is 0 Å². The van der Waals surface area contributed by atoms with Crippen molar-refractivity contribution in [1.29, 1.82) is 0 Å². The fourth-order valence-electron chi connectivity index (χ4n) is 1.72. The van der Waals surface area contributed by atoms with Crippen LogP contribution in [0.15, 0.2) is 12.4 Å². The van der Waals surface area contributed by atoms with E-state index in [0.717, 1.165) is 38.0 Å². The summed E-state index contributed by atoms with van der Waals surface area (Å²) in [5, 5.41) is 3.31. The summed E-state index contributed by atoms with van der Waals surface area (Å²) in [5.41, 5.74) is 1.04. The van der Waals surface area contributed by atoms with E-state index in [2.05, 4.69) is 22.2 Å². The molecule has 0 saturated carbocycles. The van der Waals surface area contributed by atoms with Gasteiger partial charge in [0.25, 0.3) is 0 Å². The lowest BCUT2D eigenvalue weighted by molar-refractivity contribution is 0.155. The molecule has 0 unspecified atom stereocenters. The Morgan fingerprint density at radius 3 is 2.93 bits per heavy atom. The number of ether oxygens (including phenoxy) is 1. The Bertz CT molecular complexity index is 310. The van der Waals surface area contributed by atoms with E-state index >= 15 is 0 Å². The Morgan fingerprint density at radius 1 is 1.40 bits per heavy atom. The van der Waals surface area contributed by atoms with Crippen LogP contribution in [0.5, 0.6) is 5.88 Å². The average Bonchev–Trinajstić information content (AvgIpc) is 2.31. The third-order valence-corrected chi connectivity index (χ3v) is 2.63. The predicted octanol–water partition coefficient (Wildman–Crippen LogP) is 1.17. The maximum atomic E-state index is 5.81. The fourth-order valence-corrected chi connectivity index (χ4v) is 1.72. The van der Waals surface area contributed by atoms with Crippen molar-refractivity contribution in [3.8, 4) is 5.88 Å². The van der Waals surface area contributed by atoms with Crippen molar-refractivity contribution in [2.24, 2.45) is 0 Å². The molecule has 15 heavy (non-hydrogen) atoms. The molecule has 1 N–H and O–H groups in total. The normalized spacial score (nSPS) is 17.7. The maximum Gasteiger partial charge on any atom is 0.216 e.